The molecule has 76 valence electrons. The zero-order chi connectivity index (χ0) is 9.31. The average molecular weight is 184 g/mol. The molecule has 1 aliphatic heterocycles. The van der Waals surface area contributed by atoms with Crippen molar-refractivity contribution >= 4 is 0 Å². The van der Waals surface area contributed by atoms with Crippen LogP contribution in [0.25, 0.3) is 0 Å². The summed E-state index contributed by atoms with van der Waals surface area (Å²) in [4.78, 5) is 2.52. The Balaban J connectivity index is 2.00. The second-order valence-corrected chi connectivity index (χ2v) is 4.43. The Labute approximate surface area is 80.2 Å². The standard InChI is InChI=1S/C10H20N2O/c1-10(8-11,9-2-3-9)12-4-6-13-7-5-12/h9H,2-8,11H2,1H3. The van der Waals surface area contributed by atoms with Gasteiger partial charge >= 0.3 is 0 Å². The summed E-state index contributed by atoms with van der Waals surface area (Å²) in [6.07, 6.45) is 2.73. The van der Waals surface area contributed by atoms with Crippen molar-refractivity contribution in [3.8, 4) is 0 Å². The van der Waals surface area contributed by atoms with Crippen molar-refractivity contribution in [3.63, 3.8) is 0 Å². The van der Waals surface area contributed by atoms with Crippen LogP contribution in [0.4, 0.5) is 0 Å². The molecule has 0 spiro atoms. The highest BCUT2D eigenvalue weighted by Gasteiger charge is 2.44. The van der Waals surface area contributed by atoms with Crippen LogP contribution in [0.3, 0.4) is 0 Å². The van der Waals surface area contributed by atoms with Crippen molar-refractivity contribution in [2.45, 2.75) is 25.3 Å². The van der Waals surface area contributed by atoms with Crippen LogP contribution in [0.2, 0.25) is 0 Å². The number of rotatable bonds is 3. The smallest absolute Gasteiger partial charge is 0.0594 e. The highest BCUT2D eigenvalue weighted by atomic mass is 16.5. The molecule has 13 heavy (non-hydrogen) atoms. The third kappa shape index (κ3) is 1.73. The Hall–Kier alpha value is -0.120. The fourth-order valence-electron chi connectivity index (χ4n) is 2.33. The topological polar surface area (TPSA) is 38.5 Å². The van der Waals surface area contributed by atoms with E-state index in [1.807, 2.05) is 0 Å². The van der Waals surface area contributed by atoms with E-state index in [2.05, 4.69) is 11.8 Å². The molecule has 3 nitrogen and oxygen atoms in total. The Morgan fingerprint density at radius 3 is 2.46 bits per heavy atom. The lowest BCUT2D eigenvalue weighted by atomic mass is 9.93. The van der Waals surface area contributed by atoms with Crippen molar-refractivity contribution in [2.75, 3.05) is 32.8 Å². The Morgan fingerprint density at radius 2 is 2.00 bits per heavy atom. The second-order valence-electron chi connectivity index (χ2n) is 4.43. The summed E-state index contributed by atoms with van der Waals surface area (Å²) in [5.74, 6) is 0.843. The van der Waals surface area contributed by atoms with Gasteiger partial charge in [0, 0.05) is 25.2 Å². The molecular weight excluding hydrogens is 164 g/mol. The van der Waals surface area contributed by atoms with Gasteiger partial charge in [0.25, 0.3) is 0 Å². The molecule has 1 saturated heterocycles. The Kier molecular flexibility index (Phi) is 2.58. The molecule has 1 aliphatic carbocycles. The Morgan fingerprint density at radius 1 is 1.38 bits per heavy atom. The van der Waals surface area contributed by atoms with Gasteiger partial charge in [-0.2, -0.15) is 0 Å². The molecule has 1 atom stereocenters. The van der Waals surface area contributed by atoms with Crippen LogP contribution in [-0.4, -0.2) is 43.3 Å². The molecule has 0 radical (unpaired) electrons. The first kappa shape index (κ1) is 9.44. The lowest BCUT2D eigenvalue weighted by Crippen LogP contribution is -2.57. The minimum absolute atomic E-state index is 0.254. The quantitative estimate of drug-likeness (QED) is 0.692. The third-order valence-electron chi connectivity index (χ3n) is 3.60. The van der Waals surface area contributed by atoms with E-state index in [9.17, 15) is 0 Å². The number of nitrogens with zero attached hydrogens (tertiary/aromatic N) is 1. The minimum atomic E-state index is 0.254. The summed E-state index contributed by atoms with van der Waals surface area (Å²) in [6, 6.07) is 0. The van der Waals surface area contributed by atoms with Crippen LogP contribution in [0.15, 0.2) is 0 Å². The van der Waals surface area contributed by atoms with Gasteiger partial charge in [0.1, 0.15) is 0 Å². The summed E-state index contributed by atoms with van der Waals surface area (Å²) in [6.45, 7) is 6.98. The monoisotopic (exact) mass is 184 g/mol. The lowest BCUT2D eigenvalue weighted by molar-refractivity contribution is -0.0212. The van der Waals surface area contributed by atoms with Gasteiger partial charge in [0.05, 0.1) is 13.2 Å². The molecule has 2 rings (SSSR count). The van der Waals surface area contributed by atoms with Gasteiger partial charge in [-0.1, -0.05) is 0 Å². The van der Waals surface area contributed by atoms with Crippen molar-refractivity contribution in [1.82, 2.24) is 4.90 Å². The van der Waals surface area contributed by atoms with Crippen LogP contribution in [-0.2, 0) is 4.74 Å². The summed E-state index contributed by atoms with van der Waals surface area (Å²) in [5.41, 5.74) is 6.15. The van der Waals surface area contributed by atoms with Gasteiger partial charge in [-0.05, 0) is 25.7 Å². The minimum Gasteiger partial charge on any atom is -0.379 e. The largest absolute Gasteiger partial charge is 0.379 e. The number of hydrogen-bond donors (Lipinski definition) is 1. The van der Waals surface area contributed by atoms with Gasteiger partial charge in [-0.25, -0.2) is 0 Å². The van der Waals surface area contributed by atoms with E-state index in [4.69, 9.17) is 10.5 Å². The van der Waals surface area contributed by atoms with Crippen molar-refractivity contribution in [1.29, 1.82) is 0 Å². The molecule has 0 aromatic rings. The van der Waals surface area contributed by atoms with E-state index in [0.717, 1.165) is 38.8 Å². The van der Waals surface area contributed by atoms with E-state index in [1.165, 1.54) is 12.8 Å². The van der Waals surface area contributed by atoms with Crippen molar-refractivity contribution in [2.24, 2.45) is 11.7 Å². The first-order valence-electron chi connectivity index (χ1n) is 5.30. The molecule has 0 aromatic heterocycles. The van der Waals surface area contributed by atoms with Gasteiger partial charge in [0.15, 0.2) is 0 Å². The van der Waals surface area contributed by atoms with Crippen LogP contribution in [0.5, 0.6) is 0 Å². The Bertz CT molecular complexity index is 176. The second kappa shape index (κ2) is 3.56. The number of morpholine rings is 1. The maximum absolute atomic E-state index is 5.90. The number of nitrogens with two attached hydrogens (primary N) is 1. The molecule has 2 N–H and O–H groups in total. The predicted octanol–water partition coefficient (Wildman–Crippen LogP) is 0.446. The molecule has 3 heteroatoms. The molecule has 0 amide bonds. The van der Waals surface area contributed by atoms with Crippen molar-refractivity contribution in [3.05, 3.63) is 0 Å². The highest BCUT2D eigenvalue weighted by Crippen LogP contribution is 2.42. The first-order valence-corrected chi connectivity index (χ1v) is 5.30. The van der Waals surface area contributed by atoms with Crippen LogP contribution in [0, 0.1) is 5.92 Å². The zero-order valence-corrected chi connectivity index (χ0v) is 8.46. The summed E-state index contributed by atoms with van der Waals surface area (Å²) in [7, 11) is 0. The van der Waals surface area contributed by atoms with Gasteiger partial charge < -0.3 is 10.5 Å². The first-order chi connectivity index (χ1) is 6.27. The maximum atomic E-state index is 5.90. The zero-order valence-electron chi connectivity index (χ0n) is 8.46. The molecule has 0 aromatic carbocycles. The molecule has 1 saturated carbocycles. The van der Waals surface area contributed by atoms with Crippen LogP contribution >= 0.6 is 0 Å². The number of hydrogen-bond acceptors (Lipinski definition) is 3. The van der Waals surface area contributed by atoms with Crippen LogP contribution < -0.4 is 5.73 Å². The lowest BCUT2D eigenvalue weighted by Gasteiger charge is -2.43. The SMILES string of the molecule is CC(CN)(C1CC1)N1CCOCC1. The van der Waals surface area contributed by atoms with E-state index in [0.29, 0.717) is 0 Å². The van der Waals surface area contributed by atoms with E-state index < -0.39 is 0 Å². The predicted molar refractivity (Wildman–Crippen MR) is 52.6 cm³/mol. The summed E-state index contributed by atoms with van der Waals surface area (Å²) >= 11 is 0. The molecule has 1 unspecified atom stereocenters. The van der Waals surface area contributed by atoms with Gasteiger partial charge in [-0.3, -0.25) is 4.90 Å². The molecule has 2 aliphatic rings. The van der Waals surface area contributed by atoms with Gasteiger partial charge in [-0.15, -0.1) is 0 Å². The summed E-state index contributed by atoms with van der Waals surface area (Å²) < 4.78 is 5.36. The normalized spacial score (nSPS) is 30.0. The fraction of sp³-hybridized carbons (Fsp3) is 1.00. The summed E-state index contributed by atoms with van der Waals surface area (Å²) in [5, 5.41) is 0. The number of ether oxygens (including phenoxy) is 1. The van der Waals surface area contributed by atoms with E-state index in [-0.39, 0.29) is 5.54 Å². The van der Waals surface area contributed by atoms with Gasteiger partial charge in [0.2, 0.25) is 0 Å². The maximum Gasteiger partial charge on any atom is 0.0594 e. The average Bonchev–Trinajstić information content (AvgIpc) is 3.02. The molecule has 2 fully saturated rings. The molecule has 1 heterocycles. The fourth-order valence-corrected chi connectivity index (χ4v) is 2.33. The molecular formula is C10H20N2O. The highest BCUT2D eigenvalue weighted by molar-refractivity contribution is 5.00. The third-order valence-corrected chi connectivity index (χ3v) is 3.60. The molecule has 0 bridgehead atoms. The van der Waals surface area contributed by atoms with Crippen LogP contribution in [0.1, 0.15) is 19.8 Å². The van der Waals surface area contributed by atoms with E-state index in [1.54, 1.807) is 0 Å². The van der Waals surface area contributed by atoms with Crippen molar-refractivity contribution < 1.29 is 4.74 Å². The van der Waals surface area contributed by atoms with E-state index >= 15 is 0 Å².